The molecule has 1 aliphatic heterocycles. The van der Waals surface area contributed by atoms with Crippen molar-refractivity contribution in [1.29, 1.82) is 0 Å². The van der Waals surface area contributed by atoms with Gasteiger partial charge in [-0.3, -0.25) is 0 Å². The van der Waals surface area contributed by atoms with Gasteiger partial charge in [-0.05, 0) is 24.6 Å². The van der Waals surface area contributed by atoms with Gasteiger partial charge < -0.3 is 9.84 Å². The van der Waals surface area contributed by atoms with E-state index in [1.165, 1.54) is 0 Å². The maximum atomic E-state index is 10.2. The van der Waals surface area contributed by atoms with Gasteiger partial charge in [0.15, 0.2) is 0 Å². The van der Waals surface area contributed by atoms with Gasteiger partial charge in [-0.2, -0.15) is 0 Å². The minimum atomic E-state index is 0.129. The number of rotatable bonds is 2. The van der Waals surface area contributed by atoms with Crippen molar-refractivity contribution in [2.45, 2.75) is 24.3 Å². The van der Waals surface area contributed by atoms with E-state index in [1.54, 1.807) is 6.07 Å². The average molecular weight is 398 g/mol. The number of aromatic hydroxyl groups is 1. The highest BCUT2D eigenvalue weighted by molar-refractivity contribution is 9.10. The van der Waals surface area contributed by atoms with Crippen LogP contribution < -0.4 is 4.74 Å². The first-order valence-corrected chi connectivity index (χ1v) is 8.25. The summed E-state index contributed by atoms with van der Waals surface area (Å²) in [7, 11) is 0. The molecule has 20 heavy (non-hydrogen) atoms. The van der Waals surface area contributed by atoms with Gasteiger partial charge in [0.25, 0.3) is 0 Å². The molecule has 0 spiro atoms. The molecule has 0 aromatic heterocycles. The summed E-state index contributed by atoms with van der Waals surface area (Å²) in [6, 6.07) is 11.3. The van der Waals surface area contributed by atoms with Crippen LogP contribution in [-0.2, 0) is 0 Å². The number of alkyl halides is 1. The number of phenols is 1. The highest BCUT2D eigenvalue weighted by atomic mass is 79.9. The Kier molecular flexibility index (Phi) is 3.78. The molecule has 0 saturated carbocycles. The first-order valence-electron chi connectivity index (χ1n) is 6.55. The molecule has 1 N–H and O–H groups in total. The molecule has 2 aromatic rings. The molecule has 104 valence electrons. The lowest BCUT2D eigenvalue weighted by molar-refractivity contribution is 0.227. The van der Waals surface area contributed by atoms with Gasteiger partial charge in [0, 0.05) is 21.2 Å². The van der Waals surface area contributed by atoms with Crippen LogP contribution in [0, 0.1) is 0 Å². The number of benzene rings is 2. The quantitative estimate of drug-likeness (QED) is 0.684. The fraction of sp³-hybridized carbons (Fsp3) is 0.250. The van der Waals surface area contributed by atoms with Crippen molar-refractivity contribution in [1.82, 2.24) is 0 Å². The summed E-state index contributed by atoms with van der Waals surface area (Å²) in [4.78, 5) is 0.134. The summed E-state index contributed by atoms with van der Waals surface area (Å²) in [6.07, 6.45) is 1.06. The molecular formula is C16H14Br2O2. The van der Waals surface area contributed by atoms with Gasteiger partial charge in [0.2, 0.25) is 0 Å². The maximum Gasteiger partial charge on any atom is 0.124 e. The largest absolute Gasteiger partial charge is 0.507 e. The molecule has 0 amide bonds. The summed E-state index contributed by atoms with van der Waals surface area (Å²) >= 11 is 7.35. The smallest absolute Gasteiger partial charge is 0.124 e. The zero-order valence-electron chi connectivity index (χ0n) is 10.9. The zero-order chi connectivity index (χ0) is 14.3. The van der Waals surface area contributed by atoms with Gasteiger partial charge >= 0.3 is 0 Å². The van der Waals surface area contributed by atoms with E-state index < -0.39 is 0 Å². The Hall–Kier alpha value is -1.00. The minimum absolute atomic E-state index is 0.129. The number of fused-ring (bicyclic) bond motifs is 1. The molecule has 2 nitrogen and oxygen atoms in total. The Morgan fingerprint density at radius 1 is 1.20 bits per heavy atom. The molecule has 0 bridgehead atoms. The molecule has 0 fully saturated rings. The Labute approximate surface area is 135 Å². The summed E-state index contributed by atoms with van der Waals surface area (Å²) in [5.41, 5.74) is 2.92. The topological polar surface area (TPSA) is 29.5 Å². The molecule has 0 radical (unpaired) electrons. The molecule has 2 atom stereocenters. The van der Waals surface area contributed by atoms with E-state index in [-0.39, 0.29) is 16.7 Å². The second kappa shape index (κ2) is 5.41. The van der Waals surface area contributed by atoms with Crippen LogP contribution in [0.1, 0.15) is 23.7 Å². The van der Waals surface area contributed by atoms with Crippen molar-refractivity contribution in [3.05, 3.63) is 46.4 Å². The SMILES string of the molecule is CCC1Oc2ccc(Br)c(-c3ccccc3O)c2C1Br. The van der Waals surface area contributed by atoms with Crippen LogP contribution in [0.5, 0.6) is 11.5 Å². The van der Waals surface area contributed by atoms with E-state index >= 15 is 0 Å². The normalized spacial score (nSPS) is 20.6. The van der Waals surface area contributed by atoms with Crippen LogP contribution in [0.3, 0.4) is 0 Å². The molecule has 1 heterocycles. The lowest BCUT2D eigenvalue weighted by Gasteiger charge is -2.14. The highest BCUT2D eigenvalue weighted by Gasteiger charge is 2.34. The summed E-state index contributed by atoms with van der Waals surface area (Å²) in [5, 5.41) is 10.2. The number of phenolic OH excluding ortho intramolecular Hbond substituents is 1. The molecule has 0 saturated heterocycles. The van der Waals surface area contributed by atoms with Crippen molar-refractivity contribution in [2.24, 2.45) is 0 Å². The lowest BCUT2D eigenvalue weighted by atomic mass is 9.95. The standard InChI is InChI=1S/C16H14Br2O2/c1-2-12-16(18)15-13(20-12)8-7-10(17)14(15)9-5-3-4-6-11(9)19/h3-8,12,16,19H,2H2,1H3. The molecule has 2 aromatic carbocycles. The first kappa shape index (κ1) is 14.0. The van der Waals surface area contributed by atoms with E-state index in [0.29, 0.717) is 0 Å². The fourth-order valence-corrected chi connectivity index (χ4v) is 4.10. The Morgan fingerprint density at radius 3 is 2.65 bits per heavy atom. The van der Waals surface area contributed by atoms with Crippen LogP contribution in [0.25, 0.3) is 11.1 Å². The van der Waals surface area contributed by atoms with Crippen LogP contribution in [0.4, 0.5) is 0 Å². The van der Waals surface area contributed by atoms with Gasteiger partial charge in [-0.25, -0.2) is 0 Å². The van der Waals surface area contributed by atoms with Gasteiger partial charge in [-0.1, -0.05) is 57.0 Å². The Morgan fingerprint density at radius 2 is 1.95 bits per heavy atom. The van der Waals surface area contributed by atoms with E-state index in [1.807, 2.05) is 30.3 Å². The molecule has 2 unspecified atom stereocenters. The highest BCUT2D eigenvalue weighted by Crippen LogP contribution is 2.51. The summed E-state index contributed by atoms with van der Waals surface area (Å²) < 4.78 is 6.94. The van der Waals surface area contributed by atoms with Crippen molar-refractivity contribution in [2.75, 3.05) is 0 Å². The van der Waals surface area contributed by atoms with E-state index in [0.717, 1.165) is 33.3 Å². The Balaban J connectivity index is 2.24. The minimum Gasteiger partial charge on any atom is -0.507 e. The van der Waals surface area contributed by atoms with E-state index in [2.05, 4.69) is 38.8 Å². The van der Waals surface area contributed by atoms with Crippen LogP contribution in [-0.4, -0.2) is 11.2 Å². The molecule has 3 rings (SSSR count). The number of para-hydroxylation sites is 1. The number of hydrogen-bond donors (Lipinski definition) is 1. The molecule has 4 heteroatoms. The number of halogens is 2. The molecule has 1 aliphatic rings. The van der Waals surface area contributed by atoms with Crippen molar-refractivity contribution in [3.8, 4) is 22.6 Å². The second-order valence-corrected chi connectivity index (χ2v) is 6.66. The van der Waals surface area contributed by atoms with Crippen LogP contribution in [0.15, 0.2) is 40.9 Å². The van der Waals surface area contributed by atoms with Gasteiger partial charge in [-0.15, -0.1) is 0 Å². The maximum absolute atomic E-state index is 10.2. The van der Waals surface area contributed by atoms with Crippen LogP contribution in [0.2, 0.25) is 0 Å². The monoisotopic (exact) mass is 396 g/mol. The van der Waals surface area contributed by atoms with Crippen molar-refractivity contribution < 1.29 is 9.84 Å². The lowest BCUT2D eigenvalue weighted by Crippen LogP contribution is -2.12. The average Bonchev–Trinajstić information content (AvgIpc) is 2.77. The summed E-state index contributed by atoms with van der Waals surface area (Å²) in [5.74, 6) is 1.17. The van der Waals surface area contributed by atoms with Crippen LogP contribution >= 0.6 is 31.9 Å². The fourth-order valence-electron chi connectivity index (χ4n) is 2.61. The third-order valence-electron chi connectivity index (χ3n) is 3.61. The first-order chi connectivity index (χ1) is 9.63. The third-order valence-corrected chi connectivity index (χ3v) is 5.32. The number of ether oxygens (including phenoxy) is 1. The van der Waals surface area contributed by atoms with Gasteiger partial charge in [0.1, 0.15) is 17.6 Å². The second-order valence-electron chi connectivity index (χ2n) is 4.82. The van der Waals surface area contributed by atoms with E-state index in [4.69, 9.17) is 4.74 Å². The van der Waals surface area contributed by atoms with Crippen molar-refractivity contribution in [3.63, 3.8) is 0 Å². The predicted molar refractivity (Wildman–Crippen MR) is 87.6 cm³/mol. The Bertz CT molecular complexity index is 655. The number of hydrogen-bond acceptors (Lipinski definition) is 2. The van der Waals surface area contributed by atoms with Gasteiger partial charge in [0.05, 0.1) is 4.83 Å². The summed E-state index contributed by atoms with van der Waals surface area (Å²) in [6.45, 7) is 2.11. The molecule has 0 aliphatic carbocycles. The molecular weight excluding hydrogens is 384 g/mol. The predicted octanol–water partition coefficient (Wildman–Crippen LogP) is 5.43. The third kappa shape index (κ3) is 2.15. The van der Waals surface area contributed by atoms with Crippen molar-refractivity contribution >= 4 is 31.9 Å². The zero-order valence-corrected chi connectivity index (χ0v) is 14.1. The van der Waals surface area contributed by atoms with E-state index in [9.17, 15) is 5.11 Å².